The molecule has 1 aromatic carbocycles. The lowest BCUT2D eigenvalue weighted by atomic mass is 10.0. The lowest BCUT2D eigenvalue weighted by molar-refractivity contribution is -0.140. The molecular formula is C28H24F6N8O. The Balaban J connectivity index is 1.44. The van der Waals surface area contributed by atoms with Crippen molar-refractivity contribution in [3.8, 4) is 28.7 Å². The largest absolute Gasteiger partial charge is 0.480 e. The molecule has 4 heterocycles. The summed E-state index contributed by atoms with van der Waals surface area (Å²) in [6.07, 6.45) is -5.22. The number of rotatable bonds is 8. The number of nitrogens with one attached hydrogen (secondary N) is 1. The molecule has 1 aliphatic rings. The van der Waals surface area contributed by atoms with E-state index in [0.29, 0.717) is 21.3 Å². The van der Waals surface area contributed by atoms with Gasteiger partial charge in [0.05, 0.1) is 25.4 Å². The molecule has 15 heteroatoms. The molecule has 1 N–H and O–H groups in total. The van der Waals surface area contributed by atoms with Crippen LogP contribution < -0.4 is 10.4 Å². The molecule has 0 saturated heterocycles. The predicted molar refractivity (Wildman–Crippen MR) is 142 cm³/mol. The number of nitrogens with zero attached hydrogens (tertiary/aromatic N) is 7. The summed E-state index contributed by atoms with van der Waals surface area (Å²) in [6, 6.07) is 8.16. The highest BCUT2D eigenvalue weighted by Crippen LogP contribution is 2.46. The number of hydrogen-bond donors (Lipinski definition) is 1. The van der Waals surface area contributed by atoms with Crippen LogP contribution in [-0.2, 0) is 19.8 Å². The first-order chi connectivity index (χ1) is 20.5. The van der Waals surface area contributed by atoms with Gasteiger partial charge >= 0.3 is 6.18 Å². The molecule has 4 aromatic heterocycles. The monoisotopic (exact) mass is 602 g/mol. The summed E-state index contributed by atoms with van der Waals surface area (Å²) in [7, 11) is 2.90. The Labute approximate surface area is 240 Å². The third-order valence-electron chi connectivity index (χ3n) is 7.31. The van der Waals surface area contributed by atoms with E-state index < -0.39 is 30.2 Å². The summed E-state index contributed by atoms with van der Waals surface area (Å²) in [4.78, 5) is 16.9. The molecule has 1 saturated carbocycles. The summed E-state index contributed by atoms with van der Waals surface area (Å²) in [6.45, 7) is -0.0803. The number of fused-ring (bicyclic) bond motifs is 1. The van der Waals surface area contributed by atoms with Crippen molar-refractivity contribution in [2.45, 2.75) is 44.2 Å². The van der Waals surface area contributed by atoms with Gasteiger partial charge in [0.2, 0.25) is 17.8 Å². The van der Waals surface area contributed by atoms with Crippen molar-refractivity contribution in [1.82, 2.24) is 33.6 Å². The van der Waals surface area contributed by atoms with Gasteiger partial charge in [0.15, 0.2) is 17.2 Å². The maximum absolute atomic E-state index is 14.8. The molecule has 1 fully saturated rings. The Morgan fingerprint density at radius 1 is 1.05 bits per heavy atom. The van der Waals surface area contributed by atoms with Crippen molar-refractivity contribution in [2.75, 3.05) is 7.11 Å². The van der Waals surface area contributed by atoms with Crippen molar-refractivity contribution in [3.05, 3.63) is 71.4 Å². The van der Waals surface area contributed by atoms with Gasteiger partial charge < -0.3 is 9.30 Å². The molecule has 5 aromatic rings. The highest BCUT2D eigenvalue weighted by atomic mass is 19.4. The van der Waals surface area contributed by atoms with E-state index in [2.05, 4.69) is 19.9 Å². The first-order valence-corrected chi connectivity index (χ1v) is 13.2. The van der Waals surface area contributed by atoms with Crippen LogP contribution in [-0.4, -0.2) is 47.2 Å². The first-order valence-electron chi connectivity index (χ1n) is 13.2. The molecule has 9 nitrogen and oxygen atoms in total. The smallest absolute Gasteiger partial charge is 0.434 e. The highest BCUT2D eigenvalue weighted by Gasteiger charge is 2.35. The van der Waals surface area contributed by atoms with Gasteiger partial charge in [0, 0.05) is 25.0 Å². The molecule has 0 bridgehead atoms. The number of ether oxygens (including phenoxy) is 1. The van der Waals surface area contributed by atoms with Gasteiger partial charge in [-0.25, -0.2) is 33.1 Å². The van der Waals surface area contributed by atoms with Gasteiger partial charge in [-0.05, 0) is 36.0 Å². The minimum absolute atomic E-state index is 0.0361. The lowest BCUT2D eigenvalue weighted by Gasteiger charge is -2.12. The number of imidazole rings is 2. The number of pyridine rings is 1. The number of aryl methyl sites for hydroxylation is 1. The molecular weight excluding hydrogens is 578 g/mol. The number of halogens is 6. The van der Waals surface area contributed by atoms with Crippen LogP contribution in [0, 0.1) is 5.41 Å². The average molecular weight is 603 g/mol. The van der Waals surface area contributed by atoms with Crippen LogP contribution in [0.1, 0.15) is 41.9 Å². The fourth-order valence-electron chi connectivity index (χ4n) is 5.10. The molecule has 1 aliphatic carbocycles. The van der Waals surface area contributed by atoms with Crippen molar-refractivity contribution < 1.29 is 31.1 Å². The quantitative estimate of drug-likeness (QED) is 0.224. The summed E-state index contributed by atoms with van der Waals surface area (Å²) in [5.41, 5.74) is 0.732. The average Bonchev–Trinajstić information content (AvgIpc) is 3.70. The van der Waals surface area contributed by atoms with Crippen LogP contribution in [0.25, 0.3) is 33.9 Å². The maximum Gasteiger partial charge on any atom is 0.434 e. The van der Waals surface area contributed by atoms with Crippen LogP contribution in [0.4, 0.5) is 26.3 Å². The summed E-state index contributed by atoms with van der Waals surface area (Å²) in [5.74, 6) is 0.808. The zero-order valence-electron chi connectivity index (χ0n) is 22.8. The Hall–Kier alpha value is -4.69. The van der Waals surface area contributed by atoms with Gasteiger partial charge in [-0.3, -0.25) is 14.5 Å². The molecule has 224 valence electrons. The van der Waals surface area contributed by atoms with E-state index in [0.717, 1.165) is 24.6 Å². The molecule has 43 heavy (non-hydrogen) atoms. The third kappa shape index (κ3) is 5.12. The SMILES string of the molecule is COc1nccc(C2CC2)c1-c1ncc2c(n1)n(Cc1ccc(-c3nc(C(F)(F)F)cn3C)cc1)c(=N)n2C(F)C(F)F. The number of aromatic nitrogens is 7. The van der Waals surface area contributed by atoms with Gasteiger partial charge in [-0.2, -0.15) is 13.2 Å². The zero-order valence-corrected chi connectivity index (χ0v) is 22.8. The normalized spacial score (nSPS) is 14.5. The van der Waals surface area contributed by atoms with E-state index in [1.54, 1.807) is 30.5 Å². The van der Waals surface area contributed by atoms with Crippen molar-refractivity contribution >= 4 is 11.2 Å². The molecule has 1 unspecified atom stereocenters. The maximum atomic E-state index is 14.8. The molecule has 0 amide bonds. The van der Waals surface area contributed by atoms with Crippen molar-refractivity contribution in [3.63, 3.8) is 0 Å². The number of hydrogen-bond acceptors (Lipinski definition) is 6. The second-order valence-electron chi connectivity index (χ2n) is 10.2. The van der Waals surface area contributed by atoms with Gasteiger partial charge in [-0.15, -0.1) is 0 Å². The second kappa shape index (κ2) is 10.5. The van der Waals surface area contributed by atoms with Gasteiger partial charge in [0.1, 0.15) is 11.3 Å². The minimum atomic E-state index is -4.60. The van der Waals surface area contributed by atoms with Crippen LogP contribution in [0.15, 0.2) is 48.9 Å². The number of benzene rings is 1. The van der Waals surface area contributed by atoms with Crippen LogP contribution in [0.5, 0.6) is 5.88 Å². The molecule has 0 aliphatic heterocycles. The van der Waals surface area contributed by atoms with Gasteiger partial charge in [0.25, 0.3) is 6.43 Å². The summed E-state index contributed by atoms with van der Waals surface area (Å²) >= 11 is 0. The lowest BCUT2D eigenvalue weighted by Crippen LogP contribution is -2.29. The Bertz CT molecular complexity index is 1870. The topological polar surface area (TPSA) is 99.4 Å². The molecule has 6 rings (SSSR count). The number of methoxy groups -OCH3 is 1. The van der Waals surface area contributed by atoms with E-state index in [1.807, 2.05) is 6.07 Å². The highest BCUT2D eigenvalue weighted by molar-refractivity contribution is 5.76. The van der Waals surface area contributed by atoms with Gasteiger partial charge in [-0.1, -0.05) is 24.3 Å². The van der Waals surface area contributed by atoms with E-state index in [-0.39, 0.29) is 41.2 Å². The molecule has 1 atom stereocenters. The summed E-state index contributed by atoms with van der Waals surface area (Å²) < 4.78 is 89.8. The van der Waals surface area contributed by atoms with E-state index in [4.69, 9.17) is 10.1 Å². The van der Waals surface area contributed by atoms with Crippen LogP contribution in [0.3, 0.4) is 0 Å². The van der Waals surface area contributed by atoms with E-state index in [9.17, 15) is 26.3 Å². The third-order valence-corrected chi connectivity index (χ3v) is 7.31. The van der Waals surface area contributed by atoms with Crippen LogP contribution >= 0.6 is 0 Å². The fourth-order valence-corrected chi connectivity index (χ4v) is 5.10. The van der Waals surface area contributed by atoms with E-state index >= 15 is 0 Å². The Kier molecular flexibility index (Phi) is 6.97. The van der Waals surface area contributed by atoms with Crippen LogP contribution in [0.2, 0.25) is 0 Å². The molecule has 0 spiro atoms. The standard InChI is InChI=1S/C28H24F6N8O/c1-40-13-19(28(32,33)34)38-24(40)16-5-3-14(4-6-16)12-41-25-18(42(27(41)35)22(31)21(29)30)11-37-23(39-25)20-17(15-7-8-15)9-10-36-26(20)43-2/h3-6,9-11,13,15,21-22,35H,7-8,12H2,1-2H3. The first kappa shape index (κ1) is 28.4. The Morgan fingerprint density at radius 3 is 2.37 bits per heavy atom. The summed E-state index contributed by atoms with van der Waals surface area (Å²) in [5, 5.41) is 8.62. The minimum Gasteiger partial charge on any atom is -0.480 e. The Morgan fingerprint density at radius 2 is 1.77 bits per heavy atom. The van der Waals surface area contributed by atoms with E-state index in [1.165, 1.54) is 29.5 Å². The molecule has 0 radical (unpaired) electrons. The fraction of sp³-hybridized carbons (Fsp3) is 0.321. The number of alkyl halides is 6. The van der Waals surface area contributed by atoms with Crippen molar-refractivity contribution in [1.29, 1.82) is 5.41 Å². The van der Waals surface area contributed by atoms with Crippen molar-refractivity contribution in [2.24, 2.45) is 7.05 Å². The predicted octanol–water partition coefficient (Wildman–Crippen LogP) is 5.86. The second-order valence-corrected chi connectivity index (χ2v) is 10.2. The zero-order chi connectivity index (χ0) is 30.6.